The van der Waals surface area contributed by atoms with E-state index in [-0.39, 0.29) is 0 Å². The van der Waals surface area contributed by atoms with Crippen molar-refractivity contribution in [3.05, 3.63) is 0 Å². The molecular formula is C11H21NO. The summed E-state index contributed by atoms with van der Waals surface area (Å²) in [6.07, 6.45) is 7.12. The van der Waals surface area contributed by atoms with Crippen molar-refractivity contribution >= 4 is 0 Å². The van der Waals surface area contributed by atoms with Gasteiger partial charge in [-0.05, 0) is 26.2 Å². The summed E-state index contributed by atoms with van der Waals surface area (Å²) in [5, 5.41) is 0. The van der Waals surface area contributed by atoms with Crippen molar-refractivity contribution in [2.75, 3.05) is 19.8 Å². The van der Waals surface area contributed by atoms with Crippen LogP contribution in [0.3, 0.4) is 0 Å². The predicted octanol–water partition coefficient (Wildman–Crippen LogP) is 2.04. The highest BCUT2D eigenvalue weighted by molar-refractivity contribution is 4.90. The smallest absolute Gasteiger partial charge is 0.0622 e. The van der Waals surface area contributed by atoms with Crippen LogP contribution in [0.1, 0.15) is 39.0 Å². The minimum Gasteiger partial charge on any atom is -0.380 e. The lowest BCUT2D eigenvalue weighted by Gasteiger charge is -2.44. The molecule has 13 heavy (non-hydrogen) atoms. The third-order valence-corrected chi connectivity index (χ3v) is 3.50. The Labute approximate surface area is 81.3 Å². The monoisotopic (exact) mass is 183 g/mol. The third kappa shape index (κ3) is 2.05. The molecule has 2 fully saturated rings. The maximum atomic E-state index is 5.49. The van der Waals surface area contributed by atoms with Crippen LogP contribution in [0.4, 0.5) is 0 Å². The molecular weight excluding hydrogens is 162 g/mol. The Morgan fingerprint density at radius 3 is 2.54 bits per heavy atom. The molecule has 0 N–H and O–H groups in total. The molecule has 1 aliphatic heterocycles. The zero-order chi connectivity index (χ0) is 9.10. The van der Waals surface area contributed by atoms with E-state index >= 15 is 0 Å². The number of likely N-dealkylation sites (tertiary alicyclic amines) is 1. The first-order valence-corrected chi connectivity index (χ1v) is 5.75. The van der Waals surface area contributed by atoms with Crippen LogP contribution < -0.4 is 0 Å². The molecule has 1 aliphatic carbocycles. The molecule has 1 atom stereocenters. The Bertz CT molecular complexity index is 154. The zero-order valence-electron chi connectivity index (χ0n) is 8.67. The van der Waals surface area contributed by atoms with E-state index in [0.29, 0.717) is 0 Å². The minimum atomic E-state index is 0.753. The fraction of sp³-hybridized carbons (Fsp3) is 1.00. The van der Waals surface area contributed by atoms with Crippen LogP contribution >= 0.6 is 0 Å². The van der Waals surface area contributed by atoms with Crippen molar-refractivity contribution in [3.63, 3.8) is 0 Å². The summed E-state index contributed by atoms with van der Waals surface area (Å²) >= 11 is 0. The first kappa shape index (κ1) is 9.47. The summed E-state index contributed by atoms with van der Waals surface area (Å²) in [7, 11) is 0. The predicted molar refractivity (Wildman–Crippen MR) is 53.9 cm³/mol. The van der Waals surface area contributed by atoms with Gasteiger partial charge in [0.15, 0.2) is 0 Å². The summed E-state index contributed by atoms with van der Waals surface area (Å²) in [5.74, 6) is 0. The van der Waals surface area contributed by atoms with E-state index in [0.717, 1.165) is 25.3 Å². The summed E-state index contributed by atoms with van der Waals surface area (Å²) in [4.78, 5) is 2.67. The van der Waals surface area contributed by atoms with Crippen LogP contribution in [0.25, 0.3) is 0 Å². The average Bonchev–Trinajstić information content (AvgIpc) is 2.56. The molecule has 0 spiro atoms. The molecule has 2 nitrogen and oxygen atoms in total. The van der Waals surface area contributed by atoms with Gasteiger partial charge in [-0.2, -0.15) is 0 Å². The van der Waals surface area contributed by atoms with Crippen molar-refractivity contribution in [2.45, 2.75) is 51.1 Å². The SMILES string of the molecule is CCOCC1CCN1C1CCCC1. The van der Waals surface area contributed by atoms with Gasteiger partial charge >= 0.3 is 0 Å². The molecule has 0 aromatic carbocycles. The summed E-state index contributed by atoms with van der Waals surface area (Å²) in [6, 6.07) is 1.65. The van der Waals surface area contributed by atoms with Crippen LogP contribution in [0.15, 0.2) is 0 Å². The molecule has 1 unspecified atom stereocenters. The highest BCUT2D eigenvalue weighted by atomic mass is 16.5. The lowest BCUT2D eigenvalue weighted by atomic mass is 9.99. The van der Waals surface area contributed by atoms with E-state index in [4.69, 9.17) is 4.74 Å². The quantitative estimate of drug-likeness (QED) is 0.661. The molecule has 2 rings (SSSR count). The maximum absolute atomic E-state index is 5.49. The van der Waals surface area contributed by atoms with Crippen LogP contribution in [-0.2, 0) is 4.74 Å². The molecule has 0 amide bonds. The lowest BCUT2D eigenvalue weighted by molar-refractivity contribution is -0.0167. The number of nitrogens with zero attached hydrogens (tertiary/aromatic N) is 1. The van der Waals surface area contributed by atoms with Gasteiger partial charge in [-0.1, -0.05) is 12.8 Å². The summed E-state index contributed by atoms with van der Waals surface area (Å²) in [6.45, 7) is 5.24. The molecule has 76 valence electrons. The second-order valence-electron chi connectivity index (χ2n) is 4.28. The van der Waals surface area contributed by atoms with Crippen LogP contribution in [0.2, 0.25) is 0 Å². The van der Waals surface area contributed by atoms with Crippen molar-refractivity contribution in [3.8, 4) is 0 Å². The van der Waals surface area contributed by atoms with Gasteiger partial charge in [-0.25, -0.2) is 0 Å². The maximum Gasteiger partial charge on any atom is 0.0622 e. The Hall–Kier alpha value is -0.0800. The van der Waals surface area contributed by atoms with E-state index < -0.39 is 0 Å². The van der Waals surface area contributed by atoms with E-state index in [9.17, 15) is 0 Å². The topological polar surface area (TPSA) is 12.5 Å². The van der Waals surface area contributed by atoms with E-state index in [1.807, 2.05) is 0 Å². The van der Waals surface area contributed by atoms with Gasteiger partial charge in [0.25, 0.3) is 0 Å². The Morgan fingerprint density at radius 2 is 2.00 bits per heavy atom. The number of hydrogen-bond acceptors (Lipinski definition) is 2. The number of ether oxygens (including phenoxy) is 1. The minimum absolute atomic E-state index is 0.753. The average molecular weight is 183 g/mol. The van der Waals surface area contributed by atoms with Crippen molar-refractivity contribution in [2.24, 2.45) is 0 Å². The fourth-order valence-electron chi connectivity index (χ4n) is 2.61. The summed E-state index contributed by atoms with van der Waals surface area (Å²) < 4.78 is 5.49. The van der Waals surface area contributed by atoms with Gasteiger partial charge in [0, 0.05) is 25.2 Å². The largest absolute Gasteiger partial charge is 0.380 e. The van der Waals surface area contributed by atoms with Crippen LogP contribution in [0, 0.1) is 0 Å². The second kappa shape index (κ2) is 4.43. The molecule has 0 aromatic rings. The molecule has 0 aromatic heterocycles. The molecule has 1 saturated carbocycles. The summed E-state index contributed by atoms with van der Waals surface area (Å²) in [5.41, 5.74) is 0. The normalized spacial score (nSPS) is 30.7. The van der Waals surface area contributed by atoms with Crippen molar-refractivity contribution < 1.29 is 4.74 Å². The molecule has 1 heterocycles. The van der Waals surface area contributed by atoms with Crippen LogP contribution in [-0.4, -0.2) is 36.7 Å². The van der Waals surface area contributed by atoms with E-state index in [2.05, 4.69) is 11.8 Å². The number of rotatable bonds is 4. The standard InChI is InChI=1S/C11H21NO/c1-2-13-9-11-7-8-12(11)10-5-3-4-6-10/h10-11H,2-9H2,1H3. The molecule has 0 radical (unpaired) electrons. The first-order chi connectivity index (χ1) is 6.42. The van der Waals surface area contributed by atoms with Gasteiger partial charge < -0.3 is 4.74 Å². The van der Waals surface area contributed by atoms with Crippen molar-refractivity contribution in [1.29, 1.82) is 0 Å². The Morgan fingerprint density at radius 1 is 1.23 bits per heavy atom. The first-order valence-electron chi connectivity index (χ1n) is 5.75. The molecule has 1 saturated heterocycles. The third-order valence-electron chi connectivity index (χ3n) is 3.50. The lowest BCUT2D eigenvalue weighted by Crippen LogP contribution is -2.54. The van der Waals surface area contributed by atoms with Gasteiger partial charge in [0.2, 0.25) is 0 Å². The molecule has 2 aliphatic rings. The number of hydrogen-bond donors (Lipinski definition) is 0. The Kier molecular flexibility index (Phi) is 3.23. The Balaban J connectivity index is 1.73. The fourth-order valence-corrected chi connectivity index (χ4v) is 2.61. The zero-order valence-corrected chi connectivity index (χ0v) is 8.67. The van der Waals surface area contributed by atoms with Gasteiger partial charge in [-0.3, -0.25) is 4.90 Å². The molecule has 2 heteroatoms. The van der Waals surface area contributed by atoms with Crippen LogP contribution in [0.5, 0.6) is 0 Å². The second-order valence-corrected chi connectivity index (χ2v) is 4.28. The van der Waals surface area contributed by atoms with Gasteiger partial charge in [-0.15, -0.1) is 0 Å². The van der Waals surface area contributed by atoms with Gasteiger partial charge in [0.1, 0.15) is 0 Å². The van der Waals surface area contributed by atoms with Gasteiger partial charge in [0.05, 0.1) is 6.61 Å². The highest BCUT2D eigenvalue weighted by Gasteiger charge is 2.34. The van der Waals surface area contributed by atoms with Crippen molar-refractivity contribution in [1.82, 2.24) is 4.90 Å². The van der Waals surface area contributed by atoms with E-state index in [1.165, 1.54) is 38.6 Å². The highest BCUT2D eigenvalue weighted by Crippen LogP contribution is 2.30. The van der Waals surface area contributed by atoms with E-state index in [1.54, 1.807) is 0 Å². The molecule has 0 bridgehead atoms.